The molecule has 0 aliphatic heterocycles. The van der Waals surface area contributed by atoms with Crippen LogP contribution in [0.25, 0.3) is 0 Å². The van der Waals surface area contributed by atoms with Crippen LogP contribution in [0.1, 0.15) is 19.3 Å². The molecule has 1 aliphatic carbocycles. The van der Waals surface area contributed by atoms with Gasteiger partial charge in [0.1, 0.15) is 5.82 Å². The zero-order chi connectivity index (χ0) is 11.5. The predicted molar refractivity (Wildman–Crippen MR) is 57.2 cm³/mol. The molecule has 1 aromatic carbocycles. The third-order valence-corrected chi connectivity index (χ3v) is 3.06. The maximum absolute atomic E-state index is 13.2. The molecule has 88 valence electrons. The smallest absolute Gasteiger partial charge is 0.167 e. The molecule has 0 amide bonds. The molecule has 0 unspecified atom stereocenters. The number of nitrogens with two attached hydrogens (primary N) is 1. The fraction of sp³-hybridized carbons (Fsp3) is 0.500. The van der Waals surface area contributed by atoms with Gasteiger partial charge in [0.05, 0.1) is 6.61 Å². The van der Waals surface area contributed by atoms with Gasteiger partial charge in [-0.05, 0) is 25.0 Å². The summed E-state index contributed by atoms with van der Waals surface area (Å²) < 4.78 is 31.2. The van der Waals surface area contributed by atoms with E-state index in [-0.39, 0.29) is 17.7 Å². The van der Waals surface area contributed by atoms with Gasteiger partial charge in [-0.25, -0.2) is 8.78 Å². The van der Waals surface area contributed by atoms with Crippen LogP contribution in [-0.4, -0.2) is 12.6 Å². The molecule has 2 nitrogen and oxygen atoms in total. The molecule has 2 rings (SSSR count). The molecule has 1 fully saturated rings. The Morgan fingerprint density at radius 1 is 1.31 bits per heavy atom. The lowest BCUT2D eigenvalue weighted by Crippen LogP contribution is -2.28. The number of benzene rings is 1. The highest BCUT2D eigenvalue weighted by molar-refractivity contribution is 5.24. The SMILES string of the molecule is N[C@H]1CCC[C@@H]1COc1ccc(F)cc1F. The first-order valence-corrected chi connectivity index (χ1v) is 5.50. The summed E-state index contributed by atoms with van der Waals surface area (Å²) in [6.45, 7) is 0.406. The van der Waals surface area contributed by atoms with E-state index in [1.807, 2.05) is 0 Å². The molecular weight excluding hydrogens is 212 g/mol. The molecule has 2 N–H and O–H groups in total. The van der Waals surface area contributed by atoms with E-state index in [0.717, 1.165) is 25.3 Å². The zero-order valence-corrected chi connectivity index (χ0v) is 8.96. The molecule has 16 heavy (non-hydrogen) atoms. The summed E-state index contributed by atoms with van der Waals surface area (Å²) in [7, 11) is 0. The van der Waals surface area contributed by atoms with Crippen molar-refractivity contribution in [3.8, 4) is 5.75 Å². The minimum Gasteiger partial charge on any atom is -0.490 e. The van der Waals surface area contributed by atoms with Crippen molar-refractivity contribution < 1.29 is 13.5 Å². The normalized spacial score (nSPS) is 24.7. The molecule has 1 aromatic rings. The lowest BCUT2D eigenvalue weighted by atomic mass is 10.1. The van der Waals surface area contributed by atoms with Crippen molar-refractivity contribution >= 4 is 0 Å². The summed E-state index contributed by atoms with van der Waals surface area (Å²) in [5.41, 5.74) is 5.87. The molecule has 0 saturated heterocycles. The minimum atomic E-state index is -0.661. The topological polar surface area (TPSA) is 35.2 Å². The van der Waals surface area contributed by atoms with E-state index < -0.39 is 11.6 Å². The van der Waals surface area contributed by atoms with Gasteiger partial charge in [0.2, 0.25) is 0 Å². The van der Waals surface area contributed by atoms with Gasteiger partial charge >= 0.3 is 0 Å². The quantitative estimate of drug-likeness (QED) is 0.861. The van der Waals surface area contributed by atoms with Crippen molar-refractivity contribution in [2.24, 2.45) is 11.7 Å². The number of rotatable bonds is 3. The second kappa shape index (κ2) is 4.78. The van der Waals surface area contributed by atoms with Gasteiger partial charge in [-0.3, -0.25) is 0 Å². The summed E-state index contributed by atoms with van der Waals surface area (Å²) >= 11 is 0. The first kappa shape index (κ1) is 11.3. The lowest BCUT2D eigenvalue weighted by molar-refractivity contribution is 0.230. The lowest BCUT2D eigenvalue weighted by Gasteiger charge is -2.16. The summed E-state index contributed by atoms with van der Waals surface area (Å²) in [6, 6.07) is 3.46. The standard InChI is InChI=1S/C12H15F2NO/c13-9-4-5-12(10(14)6-9)16-7-8-2-1-3-11(8)15/h4-6,8,11H,1-3,7,15H2/t8-,11+/m1/s1. The Balaban J connectivity index is 1.94. The van der Waals surface area contributed by atoms with E-state index in [1.54, 1.807) is 0 Å². The van der Waals surface area contributed by atoms with Gasteiger partial charge in [0.15, 0.2) is 11.6 Å². The van der Waals surface area contributed by atoms with Crippen LogP contribution in [0.15, 0.2) is 18.2 Å². The van der Waals surface area contributed by atoms with Gasteiger partial charge < -0.3 is 10.5 Å². The molecule has 0 aromatic heterocycles. The number of hydrogen-bond acceptors (Lipinski definition) is 2. The molecule has 0 spiro atoms. The number of halogens is 2. The van der Waals surface area contributed by atoms with Gasteiger partial charge in [-0.1, -0.05) is 6.42 Å². The Morgan fingerprint density at radius 3 is 2.75 bits per heavy atom. The average Bonchev–Trinajstić information content (AvgIpc) is 2.63. The van der Waals surface area contributed by atoms with E-state index in [2.05, 4.69) is 0 Å². The van der Waals surface area contributed by atoms with Crippen molar-refractivity contribution in [1.82, 2.24) is 0 Å². The Kier molecular flexibility index (Phi) is 3.39. The average molecular weight is 227 g/mol. The Bertz CT molecular complexity index is 370. The van der Waals surface area contributed by atoms with Gasteiger partial charge in [-0.2, -0.15) is 0 Å². The minimum absolute atomic E-state index is 0.0977. The van der Waals surface area contributed by atoms with E-state index in [1.165, 1.54) is 12.1 Å². The van der Waals surface area contributed by atoms with E-state index >= 15 is 0 Å². The van der Waals surface area contributed by atoms with Crippen LogP contribution in [0.4, 0.5) is 8.78 Å². The predicted octanol–water partition coefficient (Wildman–Crippen LogP) is 2.47. The second-order valence-electron chi connectivity index (χ2n) is 4.24. The van der Waals surface area contributed by atoms with Crippen LogP contribution in [0, 0.1) is 17.6 Å². The highest BCUT2D eigenvalue weighted by atomic mass is 19.1. The fourth-order valence-electron chi connectivity index (χ4n) is 2.06. The highest BCUT2D eigenvalue weighted by Crippen LogP contribution is 2.26. The zero-order valence-electron chi connectivity index (χ0n) is 8.96. The van der Waals surface area contributed by atoms with Crippen molar-refractivity contribution in [2.75, 3.05) is 6.61 Å². The third kappa shape index (κ3) is 2.50. The molecular formula is C12H15F2NO. The van der Waals surface area contributed by atoms with Crippen molar-refractivity contribution in [3.05, 3.63) is 29.8 Å². The largest absolute Gasteiger partial charge is 0.490 e. The summed E-state index contributed by atoms with van der Waals surface area (Å²) in [5, 5.41) is 0. The van der Waals surface area contributed by atoms with Crippen LogP contribution in [0.3, 0.4) is 0 Å². The summed E-state index contributed by atoms with van der Waals surface area (Å²) in [5.74, 6) is -0.876. The first-order chi connectivity index (χ1) is 7.66. The monoisotopic (exact) mass is 227 g/mol. The second-order valence-corrected chi connectivity index (χ2v) is 4.24. The molecule has 1 aliphatic rings. The first-order valence-electron chi connectivity index (χ1n) is 5.50. The maximum atomic E-state index is 13.2. The third-order valence-electron chi connectivity index (χ3n) is 3.06. The molecule has 2 atom stereocenters. The fourth-order valence-corrected chi connectivity index (χ4v) is 2.06. The van der Waals surface area contributed by atoms with Gasteiger partial charge in [0, 0.05) is 18.0 Å². The summed E-state index contributed by atoms with van der Waals surface area (Å²) in [6.07, 6.45) is 3.12. The number of ether oxygens (including phenoxy) is 1. The number of hydrogen-bond donors (Lipinski definition) is 1. The molecule has 0 radical (unpaired) electrons. The van der Waals surface area contributed by atoms with Gasteiger partial charge in [0.25, 0.3) is 0 Å². The van der Waals surface area contributed by atoms with Crippen LogP contribution in [0.2, 0.25) is 0 Å². The van der Waals surface area contributed by atoms with E-state index in [0.29, 0.717) is 6.61 Å². The van der Waals surface area contributed by atoms with Crippen molar-refractivity contribution in [2.45, 2.75) is 25.3 Å². The van der Waals surface area contributed by atoms with Crippen molar-refractivity contribution in [3.63, 3.8) is 0 Å². The van der Waals surface area contributed by atoms with E-state index in [4.69, 9.17) is 10.5 Å². The molecule has 0 heterocycles. The van der Waals surface area contributed by atoms with Crippen LogP contribution in [-0.2, 0) is 0 Å². The molecule has 0 bridgehead atoms. The van der Waals surface area contributed by atoms with E-state index in [9.17, 15) is 8.78 Å². The van der Waals surface area contributed by atoms with Crippen molar-refractivity contribution in [1.29, 1.82) is 0 Å². The van der Waals surface area contributed by atoms with Crippen LogP contribution in [0.5, 0.6) is 5.75 Å². The Morgan fingerprint density at radius 2 is 2.12 bits per heavy atom. The summed E-state index contributed by atoms with van der Waals surface area (Å²) in [4.78, 5) is 0. The van der Waals surface area contributed by atoms with Crippen LogP contribution < -0.4 is 10.5 Å². The molecule has 1 saturated carbocycles. The van der Waals surface area contributed by atoms with Gasteiger partial charge in [-0.15, -0.1) is 0 Å². The van der Waals surface area contributed by atoms with Crippen LogP contribution >= 0.6 is 0 Å². The Labute approximate surface area is 93.4 Å². The highest BCUT2D eigenvalue weighted by Gasteiger charge is 2.24. The maximum Gasteiger partial charge on any atom is 0.167 e. The Hall–Kier alpha value is -1.16. The molecule has 4 heteroatoms.